The quantitative estimate of drug-likeness (QED) is 0.508. The van der Waals surface area contributed by atoms with E-state index in [-0.39, 0.29) is 32.9 Å². The Morgan fingerprint density at radius 3 is 2.38 bits per heavy atom. The van der Waals surface area contributed by atoms with Crippen molar-refractivity contribution in [2.24, 2.45) is 15.8 Å². The number of carbonyl (C=O) groups excluding carboxylic acids is 2. The van der Waals surface area contributed by atoms with Gasteiger partial charge in [-0.3, -0.25) is 14.6 Å². The van der Waals surface area contributed by atoms with Crippen molar-refractivity contribution in [3.05, 3.63) is 35.9 Å². The van der Waals surface area contributed by atoms with E-state index >= 15 is 0 Å². The molecule has 1 aliphatic heterocycles. The van der Waals surface area contributed by atoms with Gasteiger partial charge in [-0.05, 0) is 51.1 Å². The maximum absolute atomic E-state index is 13.3. The zero-order chi connectivity index (χ0) is 24.6. The van der Waals surface area contributed by atoms with Gasteiger partial charge in [0.05, 0.1) is 0 Å². The topological polar surface area (TPSA) is 73.8 Å². The Labute approximate surface area is 211 Å². The molecular weight excluding hydrogens is 424 g/mol. The van der Waals surface area contributed by atoms with Crippen molar-refractivity contribution in [1.29, 1.82) is 0 Å². The van der Waals surface area contributed by atoms with E-state index in [1.807, 2.05) is 45.9 Å². The lowest BCUT2D eigenvalue weighted by atomic mass is 9.78. The van der Waals surface area contributed by atoms with Gasteiger partial charge in [-0.15, -0.1) is 0 Å². The predicted octanol–water partition coefficient (Wildman–Crippen LogP) is 5.17. The van der Waals surface area contributed by atoms with Crippen molar-refractivity contribution in [2.75, 3.05) is 26.7 Å². The third-order valence-corrected chi connectivity index (χ3v) is 6.73. The Bertz CT molecular complexity index is 825. The largest absolute Gasteiger partial charge is 0.357 e. The number of amides is 2. The van der Waals surface area contributed by atoms with Gasteiger partial charge in [-0.25, -0.2) is 0 Å². The first-order valence-electron chi connectivity index (χ1n) is 12.3. The van der Waals surface area contributed by atoms with Gasteiger partial charge in [0, 0.05) is 46.6 Å². The van der Waals surface area contributed by atoms with Crippen LogP contribution < -0.4 is 10.6 Å². The smallest absolute Gasteiger partial charge is 0.242 e. The average molecular weight is 477 g/mol. The Morgan fingerprint density at radius 1 is 1.18 bits per heavy atom. The first kappa shape index (κ1) is 29.8. The van der Waals surface area contributed by atoms with Crippen molar-refractivity contribution < 1.29 is 12.4 Å². The molecule has 0 aliphatic carbocycles. The molecule has 2 amide bonds. The van der Waals surface area contributed by atoms with Gasteiger partial charge >= 0.3 is 0 Å². The second kappa shape index (κ2) is 13.0. The lowest BCUT2D eigenvalue weighted by molar-refractivity contribution is -0.132. The summed E-state index contributed by atoms with van der Waals surface area (Å²) in [6.45, 7) is 14.9. The lowest BCUT2D eigenvalue weighted by Crippen LogP contribution is -2.54. The molecule has 2 atom stereocenters. The van der Waals surface area contributed by atoms with Gasteiger partial charge in [0.1, 0.15) is 6.04 Å². The van der Waals surface area contributed by atoms with Crippen molar-refractivity contribution in [1.82, 2.24) is 15.5 Å². The molecule has 1 saturated heterocycles. The number of benzene rings is 1. The van der Waals surface area contributed by atoms with E-state index < -0.39 is 6.04 Å². The van der Waals surface area contributed by atoms with Gasteiger partial charge < -0.3 is 15.5 Å². The maximum Gasteiger partial charge on any atom is 0.242 e. The van der Waals surface area contributed by atoms with Gasteiger partial charge in [-0.1, -0.05) is 65.0 Å². The molecule has 1 aliphatic rings. The van der Waals surface area contributed by atoms with Crippen molar-refractivity contribution in [3.63, 3.8) is 0 Å². The molecule has 1 aromatic rings. The molecule has 196 valence electrons. The highest BCUT2D eigenvalue weighted by Crippen LogP contribution is 2.35. The molecule has 2 rings (SSSR count). The van der Waals surface area contributed by atoms with E-state index in [1.54, 1.807) is 7.05 Å². The summed E-state index contributed by atoms with van der Waals surface area (Å²) in [6.07, 6.45) is 3.53. The Balaban J connectivity index is 0. The molecule has 6 nitrogen and oxygen atoms in total. The predicted molar refractivity (Wildman–Crippen MR) is 148 cm³/mol. The fraction of sp³-hybridized carbons (Fsp3) is 0.679. The minimum atomic E-state index is -0.575. The molecule has 34 heavy (non-hydrogen) atoms. The monoisotopic (exact) mass is 476 g/mol. The summed E-state index contributed by atoms with van der Waals surface area (Å²) in [4.78, 5) is 33.3. The fourth-order valence-corrected chi connectivity index (χ4v) is 4.60. The Kier molecular flexibility index (Phi) is 11.4. The van der Waals surface area contributed by atoms with Crippen LogP contribution in [0.2, 0.25) is 0 Å². The first-order valence-corrected chi connectivity index (χ1v) is 12.3. The molecule has 1 fully saturated rings. The number of likely N-dealkylation sites (N-methyl/N-ethyl adjacent to an activating group) is 1. The number of nitrogens with zero attached hydrogens (tertiary/aromatic N) is 2. The third kappa shape index (κ3) is 8.53. The maximum atomic E-state index is 13.3. The highest BCUT2D eigenvalue weighted by atomic mass is 16.2. The third-order valence-electron chi connectivity index (χ3n) is 6.73. The molecule has 6 heteroatoms. The number of carbonyl (C=O) groups is 2. The summed E-state index contributed by atoms with van der Waals surface area (Å²) in [5, 5.41) is 5.74. The molecule has 0 bridgehead atoms. The van der Waals surface area contributed by atoms with Crippen LogP contribution in [-0.2, 0) is 9.59 Å². The first-order chi connectivity index (χ1) is 15.5. The van der Waals surface area contributed by atoms with Crippen LogP contribution in [0.15, 0.2) is 35.3 Å². The summed E-state index contributed by atoms with van der Waals surface area (Å²) < 4.78 is 0. The summed E-state index contributed by atoms with van der Waals surface area (Å²) in [6, 6.07) is 10.0. The molecule has 0 aromatic heterocycles. The van der Waals surface area contributed by atoms with Crippen LogP contribution in [-0.4, -0.2) is 61.2 Å². The number of rotatable bonds is 8. The normalized spacial score (nSPS) is 20.8. The summed E-state index contributed by atoms with van der Waals surface area (Å²) in [5.74, 6) is -0.232. The molecule has 0 radical (unpaired) electrons. The fourth-order valence-electron chi connectivity index (χ4n) is 4.60. The van der Waals surface area contributed by atoms with Crippen molar-refractivity contribution in [3.8, 4) is 0 Å². The number of nitrogens with one attached hydrogen (secondary N) is 2. The second-order valence-corrected chi connectivity index (χ2v) is 10.9. The highest BCUT2D eigenvalue weighted by Gasteiger charge is 2.39. The van der Waals surface area contributed by atoms with Crippen LogP contribution in [0.5, 0.6) is 0 Å². The Hall–Kier alpha value is -2.21. The van der Waals surface area contributed by atoms with E-state index in [9.17, 15) is 9.59 Å². The second-order valence-electron chi connectivity index (χ2n) is 10.9. The zero-order valence-electron chi connectivity index (χ0n) is 21.7. The minimum absolute atomic E-state index is 0. The molecule has 1 unspecified atom stereocenters. The number of likely N-dealkylation sites (tertiary alicyclic amines) is 1. The van der Waals surface area contributed by atoms with Gasteiger partial charge in [-0.2, -0.15) is 0 Å². The molecular formula is C28H52N4O2. The standard InChI is InChI=1S/C27H44N4O2.CH4.2H2/c1-20(2)31-16-12-11-15-27(19-31,18-29-21(3)22-13-9-8-10-14-22)17-23(32)30-24(25(33)28-7)26(4,5)6;;;/h8-10,13-14,20,24H,11-12,15-19H2,1-7H3,(H,28,33)(H,30,32);1H4;2*1H/t24-,27?;;;/m1.../s1. The lowest BCUT2D eigenvalue weighted by Gasteiger charge is -2.38. The molecule has 0 spiro atoms. The zero-order valence-corrected chi connectivity index (χ0v) is 21.7. The molecule has 1 heterocycles. The van der Waals surface area contributed by atoms with Crippen LogP contribution >= 0.6 is 0 Å². The van der Waals surface area contributed by atoms with Crippen LogP contribution in [0, 0.1) is 10.8 Å². The van der Waals surface area contributed by atoms with Crippen LogP contribution in [0.3, 0.4) is 0 Å². The number of hydrogen-bond donors (Lipinski definition) is 2. The van der Waals surface area contributed by atoms with Gasteiger partial charge in [0.2, 0.25) is 11.8 Å². The number of aliphatic imine (C=N–C) groups is 1. The Morgan fingerprint density at radius 2 is 1.82 bits per heavy atom. The van der Waals surface area contributed by atoms with Crippen LogP contribution in [0.25, 0.3) is 0 Å². The van der Waals surface area contributed by atoms with Crippen molar-refractivity contribution in [2.45, 2.75) is 86.7 Å². The van der Waals surface area contributed by atoms with E-state index in [4.69, 9.17) is 4.99 Å². The summed E-state index contributed by atoms with van der Waals surface area (Å²) in [7, 11) is 1.61. The summed E-state index contributed by atoms with van der Waals surface area (Å²) in [5.41, 5.74) is 1.47. The molecule has 2 N–H and O–H groups in total. The average Bonchev–Trinajstić information content (AvgIpc) is 2.98. The number of hydrogen-bond acceptors (Lipinski definition) is 4. The summed E-state index contributed by atoms with van der Waals surface area (Å²) >= 11 is 0. The van der Waals surface area contributed by atoms with E-state index in [0.717, 1.165) is 43.6 Å². The minimum Gasteiger partial charge on any atom is -0.357 e. The highest BCUT2D eigenvalue weighted by molar-refractivity contribution is 5.98. The SMILES string of the molecule is C.CNC(=O)[C@@H](NC(=O)CC1(CN=C(C)c2ccccc2)CCCCN(C(C)C)C1)C(C)(C)C.[HH].[HH]. The van der Waals surface area contributed by atoms with Gasteiger partial charge in [0.25, 0.3) is 0 Å². The van der Waals surface area contributed by atoms with E-state index in [1.165, 1.54) is 0 Å². The van der Waals surface area contributed by atoms with Crippen LogP contribution in [0.4, 0.5) is 0 Å². The van der Waals surface area contributed by atoms with E-state index in [0.29, 0.717) is 19.0 Å². The molecule has 1 aromatic carbocycles. The van der Waals surface area contributed by atoms with E-state index in [2.05, 4.69) is 41.5 Å². The van der Waals surface area contributed by atoms with Crippen LogP contribution in [0.1, 0.15) is 83.1 Å². The molecule has 0 saturated carbocycles. The van der Waals surface area contributed by atoms with Gasteiger partial charge in [0.15, 0.2) is 0 Å². The van der Waals surface area contributed by atoms with Crippen molar-refractivity contribution >= 4 is 17.5 Å².